The Morgan fingerprint density at radius 2 is 1.35 bits per heavy atom. The van der Waals surface area contributed by atoms with Crippen molar-refractivity contribution in [2.24, 2.45) is 11.8 Å². The SMILES string of the molecule is CCO.C[C@@H]1CC(=O)C(C(=O)C2CCCC2)CN1C(=O)OC(C)(C)C.C[C@@H]1Cc2[nH]nc(C3CCCC3)c2CN1C(=O)OC(C)(C)C.N=N.[HH]. The number of piperidine rings is 1. The summed E-state index contributed by atoms with van der Waals surface area (Å²) in [5.74, 6) is -0.0873. The number of rotatable bonds is 3. The quantitative estimate of drug-likeness (QED) is 0.184. The maximum Gasteiger partial charge on any atom is 0.410 e. The summed E-state index contributed by atoms with van der Waals surface area (Å²) in [5.41, 5.74) is 12.6. The molecule has 3 heterocycles. The number of hydrogen-bond donors (Lipinski definition) is 4. The minimum atomic E-state index is -0.660. The number of carbonyl (C=O) groups is 4. The molecule has 0 aromatic carbocycles. The summed E-state index contributed by atoms with van der Waals surface area (Å²) in [7, 11) is 0. The molecule has 1 saturated heterocycles. The smallest absolute Gasteiger partial charge is 0.410 e. The van der Waals surface area contributed by atoms with Gasteiger partial charge in [0.2, 0.25) is 0 Å². The average molecular weight is 693 g/mol. The molecule has 280 valence electrons. The molecule has 13 nitrogen and oxygen atoms in total. The summed E-state index contributed by atoms with van der Waals surface area (Å²) in [6.07, 6.45) is 9.31. The van der Waals surface area contributed by atoms with E-state index in [0.29, 0.717) is 12.5 Å². The first-order valence-electron chi connectivity index (χ1n) is 17.9. The number of fused-ring (bicyclic) bond motifs is 1. The highest BCUT2D eigenvalue weighted by Crippen LogP contribution is 2.38. The van der Waals surface area contributed by atoms with Gasteiger partial charge in [-0.1, -0.05) is 25.7 Å². The first kappa shape index (κ1) is 41.8. The second-order valence-electron chi connectivity index (χ2n) is 15.6. The summed E-state index contributed by atoms with van der Waals surface area (Å²) >= 11 is 0. The van der Waals surface area contributed by atoms with Crippen molar-refractivity contribution in [2.75, 3.05) is 13.2 Å². The first-order chi connectivity index (χ1) is 23.0. The maximum atomic E-state index is 12.6. The van der Waals surface area contributed by atoms with Crippen molar-refractivity contribution in [3.05, 3.63) is 17.0 Å². The van der Waals surface area contributed by atoms with E-state index >= 15 is 0 Å². The molecule has 0 bridgehead atoms. The molecule has 2 aliphatic carbocycles. The third-order valence-corrected chi connectivity index (χ3v) is 9.24. The summed E-state index contributed by atoms with van der Waals surface area (Å²) in [6, 6.07) is -0.0748. The lowest BCUT2D eigenvalue weighted by Gasteiger charge is -2.37. The molecular formula is C36H64N6O7. The number of Topliss-reactive ketones (excluding diaryl/α,β-unsaturated/α-hetero) is 2. The second-order valence-corrected chi connectivity index (χ2v) is 15.6. The van der Waals surface area contributed by atoms with Crippen LogP contribution in [0.1, 0.15) is 144 Å². The lowest BCUT2D eigenvalue weighted by Crippen LogP contribution is -2.53. The fraction of sp³-hybridized carbons (Fsp3) is 0.806. The van der Waals surface area contributed by atoms with Gasteiger partial charge in [0.25, 0.3) is 0 Å². The number of H-pyrrole nitrogens is 1. The zero-order valence-electron chi connectivity index (χ0n) is 31.3. The van der Waals surface area contributed by atoms with Gasteiger partial charge in [-0.25, -0.2) is 20.7 Å². The summed E-state index contributed by atoms with van der Waals surface area (Å²) in [5, 5.41) is 15.4. The van der Waals surface area contributed by atoms with E-state index < -0.39 is 23.2 Å². The number of likely N-dealkylation sites (tertiary alicyclic amines) is 1. The van der Waals surface area contributed by atoms with Gasteiger partial charge < -0.3 is 24.4 Å². The Labute approximate surface area is 294 Å². The van der Waals surface area contributed by atoms with E-state index in [2.05, 4.69) is 17.1 Å². The normalized spacial score (nSPS) is 22.8. The van der Waals surface area contributed by atoms with Gasteiger partial charge in [-0.05, 0) is 88.0 Å². The van der Waals surface area contributed by atoms with Crippen LogP contribution in [0.5, 0.6) is 0 Å². The van der Waals surface area contributed by atoms with Gasteiger partial charge in [0, 0.05) is 62.6 Å². The summed E-state index contributed by atoms with van der Waals surface area (Å²) < 4.78 is 11.0. The number of ketones is 2. The average Bonchev–Trinajstić information content (AvgIpc) is 3.79. The molecule has 4 aliphatic rings. The number of ether oxygens (including phenoxy) is 2. The second kappa shape index (κ2) is 18.6. The number of aliphatic hydroxyl groups excluding tert-OH is 1. The molecule has 2 aliphatic heterocycles. The van der Waals surface area contributed by atoms with Crippen molar-refractivity contribution < 1.29 is 35.2 Å². The third-order valence-electron chi connectivity index (χ3n) is 9.24. The highest BCUT2D eigenvalue weighted by atomic mass is 16.6. The van der Waals surface area contributed by atoms with Gasteiger partial charge in [-0.15, -0.1) is 0 Å². The Morgan fingerprint density at radius 3 is 1.86 bits per heavy atom. The van der Waals surface area contributed by atoms with Crippen molar-refractivity contribution in [3.8, 4) is 0 Å². The minimum Gasteiger partial charge on any atom is -0.444 e. The number of aliphatic hydroxyl groups is 1. The number of carbonyl (C=O) groups excluding carboxylic acids is 4. The number of amides is 2. The molecule has 0 radical (unpaired) electrons. The zero-order chi connectivity index (χ0) is 37.1. The molecule has 3 fully saturated rings. The van der Waals surface area contributed by atoms with E-state index in [1.165, 1.54) is 42.6 Å². The fourth-order valence-corrected chi connectivity index (χ4v) is 6.94. The van der Waals surface area contributed by atoms with Crippen molar-refractivity contribution >= 4 is 23.8 Å². The highest BCUT2D eigenvalue weighted by molar-refractivity contribution is 6.04. The van der Waals surface area contributed by atoms with E-state index in [0.717, 1.165) is 32.1 Å². The van der Waals surface area contributed by atoms with Crippen molar-refractivity contribution in [3.63, 3.8) is 0 Å². The van der Waals surface area contributed by atoms with E-state index in [1.807, 2.05) is 53.4 Å². The number of hydrogen-bond acceptors (Lipinski definition) is 10. The van der Waals surface area contributed by atoms with Crippen molar-refractivity contribution in [1.29, 1.82) is 11.1 Å². The molecule has 4 N–H and O–H groups in total. The van der Waals surface area contributed by atoms with Crippen LogP contribution < -0.4 is 0 Å². The van der Waals surface area contributed by atoms with Crippen LogP contribution >= 0.6 is 0 Å². The predicted octanol–water partition coefficient (Wildman–Crippen LogP) is 7.55. The highest BCUT2D eigenvalue weighted by Gasteiger charge is 2.42. The molecule has 0 spiro atoms. The third kappa shape index (κ3) is 12.2. The molecular weight excluding hydrogens is 628 g/mol. The van der Waals surface area contributed by atoms with Crippen LogP contribution in [-0.2, 0) is 32.0 Å². The zero-order valence-corrected chi connectivity index (χ0v) is 31.3. The number of aromatic amines is 1. The lowest BCUT2D eigenvalue weighted by molar-refractivity contribution is -0.139. The minimum absolute atomic E-state index is 0. The monoisotopic (exact) mass is 692 g/mol. The number of nitrogens with zero attached hydrogens (tertiary/aromatic N) is 3. The van der Waals surface area contributed by atoms with Gasteiger partial charge in [-0.3, -0.25) is 14.7 Å². The topological polar surface area (TPSA) is 190 Å². The Kier molecular flexibility index (Phi) is 15.9. The molecule has 5 rings (SSSR count). The van der Waals surface area contributed by atoms with Crippen LogP contribution in [0.25, 0.3) is 0 Å². The predicted molar refractivity (Wildman–Crippen MR) is 188 cm³/mol. The largest absolute Gasteiger partial charge is 0.444 e. The van der Waals surface area contributed by atoms with E-state index in [-0.39, 0.29) is 56.7 Å². The Hall–Kier alpha value is -3.35. The fourth-order valence-electron chi connectivity index (χ4n) is 6.94. The van der Waals surface area contributed by atoms with Crippen molar-refractivity contribution in [1.82, 2.24) is 20.0 Å². The lowest BCUT2D eigenvalue weighted by atomic mass is 9.83. The molecule has 1 aromatic heterocycles. The van der Waals surface area contributed by atoms with E-state index in [4.69, 9.17) is 25.6 Å². The molecule has 13 heteroatoms. The van der Waals surface area contributed by atoms with Gasteiger partial charge in [0.1, 0.15) is 22.8 Å². The maximum absolute atomic E-state index is 12.6. The molecule has 2 saturated carbocycles. The van der Waals surface area contributed by atoms with Gasteiger partial charge in [0.15, 0.2) is 0 Å². The Morgan fingerprint density at radius 1 is 0.878 bits per heavy atom. The van der Waals surface area contributed by atoms with Crippen LogP contribution in [0.3, 0.4) is 0 Å². The Bertz CT molecular complexity index is 1250. The molecule has 3 atom stereocenters. The summed E-state index contributed by atoms with van der Waals surface area (Å²) in [6.45, 7) is 17.8. The van der Waals surface area contributed by atoms with Gasteiger partial charge in [0.05, 0.1) is 18.2 Å². The van der Waals surface area contributed by atoms with Gasteiger partial charge >= 0.3 is 12.2 Å². The van der Waals surface area contributed by atoms with E-state index in [1.54, 1.807) is 11.8 Å². The van der Waals surface area contributed by atoms with Crippen molar-refractivity contribution in [2.45, 2.75) is 162 Å². The molecule has 49 heavy (non-hydrogen) atoms. The Balaban J connectivity index is 0.000000435. The van der Waals surface area contributed by atoms with Crippen LogP contribution in [-0.4, -0.2) is 85.3 Å². The van der Waals surface area contributed by atoms with Crippen LogP contribution in [0.15, 0.2) is 0 Å². The first-order valence-corrected chi connectivity index (χ1v) is 17.9. The molecule has 2 amide bonds. The van der Waals surface area contributed by atoms with E-state index in [9.17, 15) is 19.2 Å². The number of nitrogens with one attached hydrogen (secondary N) is 3. The standard InChI is InChI=1S/C17H27N3O2.C17H27NO4.C2H6O.H2N2.H2/c1-11-9-14-13(10-20(11)16(21)22-17(2,3)4)15(19-18-14)12-7-5-6-8-12;1-11-9-14(19)13(15(20)12-7-5-6-8-12)10-18(11)16(21)22-17(2,3)4;1-2-3;1-2;/h11-12H,5-10H2,1-4H3,(H,18,19);11-13H,5-10H2,1-4H3;3H,2H2,1H3;1-2H;1H/t11-;11-,13?;;;/m11.../s1. The number of aromatic nitrogens is 2. The summed E-state index contributed by atoms with van der Waals surface area (Å²) in [4.78, 5) is 53.0. The van der Waals surface area contributed by atoms with Crippen LogP contribution in [0.4, 0.5) is 9.59 Å². The van der Waals surface area contributed by atoms with Gasteiger partial charge in [-0.2, -0.15) is 5.10 Å². The van der Waals surface area contributed by atoms with Crippen LogP contribution in [0.2, 0.25) is 0 Å². The van der Waals surface area contributed by atoms with Crippen LogP contribution in [0, 0.1) is 22.9 Å². The molecule has 1 aromatic rings. The molecule has 1 unspecified atom stereocenters.